The predicted molar refractivity (Wildman–Crippen MR) is 118 cm³/mol. The van der Waals surface area contributed by atoms with E-state index in [1.807, 2.05) is 4.90 Å². The van der Waals surface area contributed by atoms with Gasteiger partial charge in [0.2, 0.25) is 5.91 Å². The van der Waals surface area contributed by atoms with E-state index in [4.69, 9.17) is 32.7 Å². The monoisotopic (exact) mass is 484 g/mol. The summed E-state index contributed by atoms with van der Waals surface area (Å²) in [7, 11) is -3.81. The van der Waals surface area contributed by atoms with Crippen molar-refractivity contribution in [3.8, 4) is 0 Å². The van der Waals surface area contributed by atoms with E-state index in [1.165, 1.54) is 18.2 Å². The van der Waals surface area contributed by atoms with Gasteiger partial charge in [-0.05, 0) is 35.9 Å². The predicted octanol–water partition coefficient (Wildman–Crippen LogP) is 3.70. The minimum atomic E-state index is -3.81. The van der Waals surface area contributed by atoms with E-state index in [1.54, 1.807) is 24.3 Å². The summed E-state index contributed by atoms with van der Waals surface area (Å²) in [6, 6.07) is 10.8. The fraction of sp³-hybridized carbons (Fsp3) is 0.381. The van der Waals surface area contributed by atoms with Crippen LogP contribution in [0.25, 0.3) is 0 Å². The van der Waals surface area contributed by atoms with Gasteiger partial charge in [-0.3, -0.25) is 9.52 Å². The topological polar surface area (TPSA) is 84.9 Å². The van der Waals surface area contributed by atoms with E-state index in [2.05, 4.69) is 4.72 Å². The summed E-state index contributed by atoms with van der Waals surface area (Å²) in [6.45, 7) is 2.41. The average Bonchev–Trinajstić information content (AvgIpc) is 3.19. The summed E-state index contributed by atoms with van der Waals surface area (Å²) in [6.07, 6.45) is 1.59. The molecule has 1 N–H and O–H groups in total. The third-order valence-corrected chi connectivity index (χ3v) is 7.57. The van der Waals surface area contributed by atoms with Gasteiger partial charge in [-0.2, -0.15) is 0 Å². The molecule has 1 spiro atoms. The average molecular weight is 485 g/mol. The first-order valence-corrected chi connectivity index (χ1v) is 12.1. The van der Waals surface area contributed by atoms with Crippen LogP contribution in [0.4, 0.5) is 5.69 Å². The number of halogens is 2. The van der Waals surface area contributed by atoms with Crippen LogP contribution in [0.3, 0.4) is 0 Å². The molecule has 0 atom stereocenters. The smallest absolute Gasteiger partial charge is 0.261 e. The Bertz CT molecular complexity index is 1060. The Kier molecular flexibility index (Phi) is 6.46. The number of hydrogen-bond donors (Lipinski definition) is 1. The number of piperidine rings is 1. The third kappa shape index (κ3) is 5.15. The Balaban J connectivity index is 1.35. The van der Waals surface area contributed by atoms with Crippen molar-refractivity contribution in [2.24, 2.45) is 0 Å². The molecular weight excluding hydrogens is 463 g/mol. The van der Waals surface area contributed by atoms with Crippen LogP contribution < -0.4 is 4.72 Å². The zero-order valence-corrected chi connectivity index (χ0v) is 19.0. The second-order valence-electron chi connectivity index (χ2n) is 7.54. The molecule has 10 heteroatoms. The van der Waals surface area contributed by atoms with Crippen molar-refractivity contribution in [2.45, 2.75) is 29.9 Å². The number of rotatable bonds is 5. The number of likely N-dealkylation sites (tertiary alicyclic amines) is 1. The SMILES string of the molecule is O=C(Cc1ccc(NS(=O)(=O)c2ccc(Cl)c(Cl)c2)cc1)N1CCC2(CC1)OCCO2. The molecule has 2 aliphatic heterocycles. The molecule has 0 radical (unpaired) electrons. The van der Waals surface area contributed by atoms with Gasteiger partial charge in [-0.15, -0.1) is 0 Å². The highest BCUT2D eigenvalue weighted by Crippen LogP contribution is 2.31. The number of hydrogen-bond acceptors (Lipinski definition) is 5. The molecule has 4 rings (SSSR count). The van der Waals surface area contributed by atoms with E-state index in [0.717, 1.165) is 5.56 Å². The summed E-state index contributed by atoms with van der Waals surface area (Å²) in [5, 5.41) is 0.440. The zero-order chi connectivity index (χ0) is 22.1. The first-order valence-electron chi connectivity index (χ1n) is 9.89. The van der Waals surface area contributed by atoms with E-state index in [-0.39, 0.29) is 27.3 Å². The molecule has 2 aromatic rings. The van der Waals surface area contributed by atoms with Crippen LogP contribution in [0.15, 0.2) is 47.4 Å². The third-order valence-electron chi connectivity index (χ3n) is 5.45. The minimum Gasteiger partial charge on any atom is -0.347 e. The van der Waals surface area contributed by atoms with Crippen LogP contribution in [0.1, 0.15) is 18.4 Å². The van der Waals surface area contributed by atoms with E-state index in [9.17, 15) is 13.2 Å². The maximum absolute atomic E-state index is 12.6. The number of nitrogens with one attached hydrogen (secondary N) is 1. The summed E-state index contributed by atoms with van der Waals surface area (Å²) < 4.78 is 39.0. The highest BCUT2D eigenvalue weighted by atomic mass is 35.5. The first-order chi connectivity index (χ1) is 14.8. The van der Waals surface area contributed by atoms with Crippen LogP contribution in [0, 0.1) is 0 Å². The molecule has 166 valence electrons. The number of carbonyl (C=O) groups is 1. The van der Waals surface area contributed by atoms with E-state index >= 15 is 0 Å². The number of amides is 1. The highest BCUT2D eigenvalue weighted by molar-refractivity contribution is 7.92. The Labute approximate surface area is 191 Å². The second-order valence-corrected chi connectivity index (χ2v) is 10.0. The lowest BCUT2D eigenvalue weighted by Gasteiger charge is -2.37. The Hall–Kier alpha value is -1.84. The maximum atomic E-state index is 12.6. The molecule has 0 aliphatic carbocycles. The number of ether oxygens (including phenoxy) is 2. The minimum absolute atomic E-state index is 0.0132. The number of nitrogens with zero attached hydrogens (tertiary/aromatic N) is 1. The standard InChI is InChI=1S/C21H22Cl2N2O5S/c22-18-6-5-17(14-19(18)23)31(27,28)24-16-3-1-15(2-4-16)13-20(26)25-9-7-21(8-10-25)29-11-12-30-21/h1-6,14,24H,7-13H2. The Morgan fingerprint density at radius 3 is 2.26 bits per heavy atom. The van der Waals surface area contributed by atoms with Gasteiger partial charge in [0, 0.05) is 31.6 Å². The molecule has 2 heterocycles. The lowest BCUT2D eigenvalue weighted by Crippen LogP contribution is -2.47. The summed E-state index contributed by atoms with van der Waals surface area (Å²) >= 11 is 11.8. The molecule has 7 nitrogen and oxygen atoms in total. The van der Waals surface area contributed by atoms with Crippen molar-refractivity contribution >= 4 is 44.8 Å². The van der Waals surface area contributed by atoms with Crippen molar-refractivity contribution in [2.75, 3.05) is 31.0 Å². The largest absolute Gasteiger partial charge is 0.347 e. The Morgan fingerprint density at radius 1 is 1.00 bits per heavy atom. The van der Waals surface area contributed by atoms with Crippen molar-refractivity contribution in [3.05, 3.63) is 58.1 Å². The molecule has 2 saturated heterocycles. The van der Waals surface area contributed by atoms with Gasteiger partial charge in [-0.25, -0.2) is 8.42 Å². The van der Waals surface area contributed by atoms with Crippen LogP contribution in [-0.4, -0.2) is 51.3 Å². The van der Waals surface area contributed by atoms with E-state index < -0.39 is 15.8 Å². The number of benzene rings is 2. The van der Waals surface area contributed by atoms with Crippen molar-refractivity contribution in [1.29, 1.82) is 0 Å². The van der Waals surface area contributed by atoms with Crippen molar-refractivity contribution < 1.29 is 22.7 Å². The summed E-state index contributed by atoms with van der Waals surface area (Å²) in [5.74, 6) is -0.485. The van der Waals surface area contributed by atoms with Crippen LogP contribution in [0.5, 0.6) is 0 Å². The molecular formula is C21H22Cl2N2O5S. The second kappa shape index (κ2) is 8.96. The van der Waals surface area contributed by atoms with Gasteiger partial charge in [0.05, 0.1) is 34.6 Å². The van der Waals surface area contributed by atoms with Gasteiger partial charge in [-0.1, -0.05) is 35.3 Å². The molecule has 2 fully saturated rings. The van der Waals surface area contributed by atoms with Gasteiger partial charge < -0.3 is 14.4 Å². The molecule has 2 aromatic carbocycles. The number of carbonyl (C=O) groups excluding carboxylic acids is 1. The van der Waals surface area contributed by atoms with Crippen molar-refractivity contribution in [3.63, 3.8) is 0 Å². The van der Waals surface area contributed by atoms with Gasteiger partial charge in [0.25, 0.3) is 10.0 Å². The number of anilines is 1. The lowest BCUT2D eigenvalue weighted by atomic mass is 10.0. The molecule has 2 aliphatic rings. The maximum Gasteiger partial charge on any atom is 0.261 e. The lowest BCUT2D eigenvalue weighted by molar-refractivity contribution is -0.187. The highest BCUT2D eigenvalue weighted by Gasteiger charge is 2.40. The quantitative estimate of drug-likeness (QED) is 0.698. The van der Waals surface area contributed by atoms with Gasteiger partial charge >= 0.3 is 0 Å². The molecule has 0 unspecified atom stereocenters. The summed E-state index contributed by atoms with van der Waals surface area (Å²) in [4.78, 5) is 14.5. The molecule has 0 saturated carbocycles. The molecule has 0 bridgehead atoms. The van der Waals surface area contributed by atoms with E-state index in [0.29, 0.717) is 44.8 Å². The van der Waals surface area contributed by atoms with Crippen molar-refractivity contribution in [1.82, 2.24) is 4.90 Å². The zero-order valence-electron chi connectivity index (χ0n) is 16.6. The van der Waals surface area contributed by atoms with Gasteiger partial charge in [0.1, 0.15) is 0 Å². The fourth-order valence-corrected chi connectivity index (χ4v) is 5.16. The van der Waals surface area contributed by atoms with Crippen LogP contribution >= 0.6 is 23.2 Å². The van der Waals surface area contributed by atoms with Crippen LogP contribution in [-0.2, 0) is 30.7 Å². The normalized spacial score (nSPS) is 18.3. The first kappa shape index (κ1) is 22.4. The molecule has 0 aromatic heterocycles. The Morgan fingerprint density at radius 2 is 1.65 bits per heavy atom. The van der Waals surface area contributed by atoms with Gasteiger partial charge in [0.15, 0.2) is 5.79 Å². The fourth-order valence-electron chi connectivity index (χ4n) is 3.72. The molecule has 1 amide bonds. The van der Waals surface area contributed by atoms with Crippen LogP contribution in [0.2, 0.25) is 10.0 Å². The summed E-state index contributed by atoms with van der Waals surface area (Å²) in [5.41, 5.74) is 1.19. The molecule has 31 heavy (non-hydrogen) atoms. The number of sulfonamides is 1.